The van der Waals surface area contributed by atoms with Gasteiger partial charge in [-0.3, -0.25) is 0 Å². The van der Waals surface area contributed by atoms with Gasteiger partial charge in [0, 0.05) is 24.9 Å². The molecule has 0 saturated heterocycles. The smallest absolute Gasteiger partial charge is 0.121 e. The second-order valence-electron chi connectivity index (χ2n) is 4.79. The highest BCUT2D eigenvalue weighted by molar-refractivity contribution is 5.48. The third-order valence-corrected chi connectivity index (χ3v) is 3.04. The molecule has 0 aliphatic carbocycles. The van der Waals surface area contributed by atoms with Crippen LogP contribution in [0.2, 0.25) is 0 Å². The second-order valence-corrected chi connectivity index (χ2v) is 4.79. The van der Waals surface area contributed by atoms with Crippen LogP contribution in [-0.4, -0.2) is 26.4 Å². The van der Waals surface area contributed by atoms with Gasteiger partial charge in [-0.2, -0.15) is 0 Å². The van der Waals surface area contributed by atoms with Crippen LogP contribution in [0.1, 0.15) is 39.5 Å². The van der Waals surface area contributed by atoms with Crippen molar-refractivity contribution in [3.8, 4) is 5.75 Å². The molecule has 0 aliphatic rings. The van der Waals surface area contributed by atoms with E-state index in [1.165, 1.54) is 25.7 Å². The first-order valence-electron chi connectivity index (χ1n) is 7.28. The van der Waals surface area contributed by atoms with Gasteiger partial charge in [0.15, 0.2) is 0 Å². The summed E-state index contributed by atoms with van der Waals surface area (Å²) >= 11 is 0. The number of rotatable bonds is 10. The maximum atomic E-state index is 5.62. The summed E-state index contributed by atoms with van der Waals surface area (Å²) in [7, 11) is 1.68. The monoisotopic (exact) mass is 265 g/mol. The SMILES string of the molecule is CCCC(CCC)Nc1cccc(OCCOC)c1. The molecule has 1 rings (SSSR count). The minimum atomic E-state index is 0.559. The molecule has 0 aromatic heterocycles. The molecule has 108 valence electrons. The Morgan fingerprint density at radius 1 is 1.11 bits per heavy atom. The Bertz CT molecular complexity index is 335. The highest BCUT2D eigenvalue weighted by atomic mass is 16.5. The van der Waals surface area contributed by atoms with Crippen molar-refractivity contribution < 1.29 is 9.47 Å². The van der Waals surface area contributed by atoms with E-state index in [9.17, 15) is 0 Å². The number of anilines is 1. The van der Waals surface area contributed by atoms with Gasteiger partial charge in [-0.05, 0) is 25.0 Å². The summed E-state index contributed by atoms with van der Waals surface area (Å²) < 4.78 is 10.6. The van der Waals surface area contributed by atoms with Crippen LogP contribution in [0.25, 0.3) is 0 Å². The van der Waals surface area contributed by atoms with Crippen molar-refractivity contribution in [2.75, 3.05) is 25.6 Å². The Labute approximate surface area is 117 Å². The molecule has 0 bridgehead atoms. The summed E-state index contributed by atoms with van der Waals surface area (Å²) in [6, 6.07) is 8.73. The molecule has 0 radical (unpaired) electrons. The highest BCUT2D eigenvalue weighted by Crippen LogP contribution is 2.20. The van der Waals surface area contributed by atoms with E-state index >= 15 is 0 Å². The number of methoxy groups -OCH3 is 1. The van der Waals surface area contributed by atoms with Crippen LogP contribution < -0.4 is 10.1 Å². The summed E-state index contributed by atoms with van der Waals surface area (Å²) in [6.07, 6.45) is 4.84. The van der Waals surface area contributed by atoms with Gasteiger partial charge < -0.3 is 14.8 Å². The van der Waals surface area contributed by atoms with Gasteiger partial charge in [0.25, 0.3) is 0 Å². The molecule has 0 unspecified atom stereocenters. The molecule has 0 saturated carbocycles. The molecule has 19 heavy (non-hydrogen) atoms. The van der Waals surface area contributed by atoms with Crippen LogP contribution in [-0.2, 0) is 4.74 Å². The maximum Gasteiger partial charge on any atom is 0.121 e. The van der Waals surface area contributed by atoms with Gasteiger partial charge in [0.2, 0.25) is 0 Å². The Morgan fingerprint density at radius 2 is 1.84 bits per heavy atom. The van der Waals surface area contributed by atoms with Crippen molar-refractivity contribution in [3.05, 3.63) is 24.3 Å². The standard InChI is InChI=1S/C16H27NO2/c1-4-7-14(8-5-2)17-15-9-6-10-16(13-15)19-12-11-18-3/h6,9-10,13-14,17H,4-5,7-8,11-12H2,1-3H3. The van der Waals surface area contributed by atoms with E-state index < -0.39 is 0 Å². The zero-order valence-electron chi connectivity index (χ0n) is 12.4. The number of ether oxygens (including phenoxy) is 2. The first kappa shape index (κ1) is 15.8. The maximum absolute atomic E-state index is 5.62. The third-order valence-electron chi connectivity index (χ3n) is 3.04. The number of hydrogen-bond donors (Lipinski definition) is 1. The van der Waals surface area contributed by atoms with Gasteiger partial charge in [-0.1, -0.05) is 32.8 Å². The minimum absolute atomic E-state index is 0.559. The van der Waals surface area contributed by atoms with Crippen molar-refractivity contribution in [1.82, 2.24) is 0 Å². The van der Waals surface area contributed by atoms with Crippen molar-refractivity contribution in [1.29, 1.82) is 0 Å². The molecule has 1 aromatic carbocycles. The first-order valence-corrected chi connectivity index (χ1v) is 7.28. The molecule has 1 N–H and O–H groups in total. The third kappa shape index (κ3) is 6.48. The molecular formula is C16H27NO2. The van der Waals surface area contributed by atoms with E-state index in [1.807, 2.05) is 12.1 Å². The van der Waals surface area contributed by atoms with E-state index in [4.69, 9.17) is 9.47 Å². The molecule has 1 aromatic rings. The van der Waals surface area contributed by atoms with Crippen molar-refractivity contribution in [2.45, 2.75) is 45.6 Å². The molecule has 3 nitrogen and oxygen atoms in total. The van der Waals surface area contributed by atoms with E-state index in [1.54, 1.807) is 7.11 Å². The number of nitrogens with one attached hydrogen (secondary N) is 1. The quantitative estimate of drug-likeness (QED) is 0.646. The topological polar surface area (TPSA) is 30.5 Å². The highest BCUT2D eigenvalue weighted by Gasteiger charge is 2.06. The first-order chi connectivity index (χ1) is 9.30. The Hall–Kier alpha value is -1.22. The predicted octanol–water partition coefficient (Wildman–Crippen LogP) is 4.09. The normalized spacial score (nSPS) is 10.7. The molecular weight excluding hydrogens is 238 g/mol. The van der Waals surface area contributed by atoms with Crippen LogP contribution >= 0.6 is 0 Å². The van der Waals surface area contributed by atoms with E-state index in [0.29, 0.717) is 19.3 Å². The van der Waals surface area contributed by atoms with Crippen LogP contribution in [0.4, 0.5) is 5.69 Å². The van der Waals surface area contributed by atoms with Gasteiger partial charge in [0.1, 0.15) is 12.4 Å². The molecule has 0 amide bonds. The van der Waals surface area contributed by atoms with Crippen LogP contribution in [0.3, 0.4) is 0 Å². The van der Waals surface area contributed by atoms with E-state index in [2.05, 4.69) is 31.3 Å². The molecule has 0 fully saturated rings. The van der Waals surface area contributed by atoms with E-state index in [-0.39, 0.29) is 0 Å². The van der Waals surface area contributed by atoms with Crippen molar-refractivity contribution in [2.24, 2.45) is 0 Å². The zero-order valence-corrected chi connectivity index (χ0v) is 12.4. The van der Waals surface area contributed by atoms with Gasteiger partial charge >= 0.3 is 0 Å². The molecule has 0 spiro atoms. The summed E-state index contributed by atoms with van der Waals surface area (Å²) in [5.74, 6) is 0.897. The Balaban J connectivity index is 2.54. The molecule has 0 aliphatic heterocycles. The molecule has 3 heteroatoms. The summed E-state index contributed by atoms with van der Waals surface area (Å²) in [5, 5.41) is 3.60. The van der Waals surface area contributed by atoms with Crippen LogP contribution in [0.15, 0.2) is 24.3 Å². The van der Waals surface area contributed by atoms with Gasteiger partial charge in [-0.15, -0.1) is 0 Å². The van der Waals surface area contributed by atoms with Crippen molar-refractivity contribution in [3.63, 3.8) is 0 Å². The Morgan fingerprint density at radius 3 is 2.47 bits per heavy atom. The van der Waals surface area contributed by atoms with Gasteiger partial charge in [0.05, 0.1) is 6.61 Å². The zero-order chi connectivity index (χ0) is 13.9. The summed E-state index contributed by atoms with van der Waals surface area (Å²) in [4.78, 5) is 0. The lowest BCUT2D eigenvalue weighted by atomic mass is 10.1. The fourth-order valence-electron chi connectivity index (χ4n) is 2.14. The van der Waals surface area contributed by atoms with Crippen LogP contribution in [0, 0.1) is 0 Å². The summed E-state index contributed by atoms with van der Waals surface area (Å²) in [6.45, 7) is 5.67. The van der Waals surface area contributed by atoms with Gasteiger partial charge in [-0.25, -0.2) is 0 Å². The lowest BCUT2D eigenvalue weighted by Crippen LogP contribution is -2.18. The predicted molar refractivity (Wildman–Crippen MR) is 81.0 cm³/mol. The largest absolute Gasteiger partial charge is 0.491 e. The second kappa shape index (κ2) is 9.68. The molecule has 0 atom stereocenters. The lowest BCUT2D eigenvalue weighted by Gasteiger charge is -2.19. The molecule has 0 heterocycles. The fourth-order valence-corrected chi connectivity index (χ4v) is 2.14. The fraction of sp³-hybridized carbons (Fsp3) is 0.625. The Kier molecular flexibility index (Phi) is 8.07. The number of hydrogen-bond acceptors (Lipinski definition) is 3. The lowest BCUT2D eigenvalue weighted by molar-refractivity contribution is 0.146. The average molecular weight is 265 g/mol. The average Bonchev–Trinajstić information content (AvgIpc) is 2.40. The van der Waals surface area contributed by atoms with Crippen molar-refractivity contribution >= 4 is 5.69 Å². The van der Waals surface area contributed by atoms with E-state index in [0.717, 1.165) is 11.4 Å². The summed E-state index contributed by atoms with van der Waals surface area (Å²) in [5.41, 5.74) is 1.14. The van der Waals surface area contributed by atoms with Crippen LogP contribution in [0.5, 0.6) is 5.75 Å². The number of benzene rings is 1. The minimum Gasteiger partial charge on any atom is -0.491 e.